The van der Waals surface area contributed by atoms with Crippen LogP contribution in [0.15, 0.2) is 22.7 Å². The Hall–Kier alpha value is 0.200. The van der Waals surface area contributed by atoms with Crippen LogP contribution in [0.5, 0.6) is 0 Å². The summed E-state index contributed by atoms with van der Waals surface area (Å²) in [4.78, 5) is 2.54. The first-order valence-electron chi connectivity index (χ1n) is 6.50. The zero-order valence-corrected chi connectivity index (χ0v) is 14.3. The molecule has 1 heterocycles. The maximum absolute atomic E-state index is 6.02. The van der Waals surface area contributed by atoms with Crippen molar-refractivity contribution in [3.8, 4) is 0 Å². The van der Waals surface area contributed by atoms with E-state index < -0.39 is 0 Å². The average molecular weight is 368 g/mol. The fraction of sp³-hybridized carbons (Fsp3) is 0.571. The number of nitrogens with one attached hydrogen (secondary N) is 1. The number of likely N-dealkylation sites (tertiary alicyclic amines) is 1. The average Bonchev–Trinajstić information content (AvgIpc) is 2.35. The number of hydrogen-bond acceptors (Lipinski definition) is 2. The van der Waals surface area contributed by atoms with Crippen molar-refractivity contribution in [3.63, 3.8) is 0 Å². The second kappa shape index (κ2) is 8.48. The van der Waals surface area contributed by atoms with Crippen LogP contribution in [-0.4, -0.2) is 31.6 Å². The molecule has 0 amide bonds. The molecule has 1 atom stereocenters. The van der Waals surface area contributed by atoms with Crippen LogP contribution < -0.4 is 5.32 Å². The number of rotatable bonds is 4. The summed E-state index contributed by atoms with van der Waals surface area (Å²) >= 11 is 9.51. The van der Waals surface area contributed by atoms with Crippen LogP contribution >= 0.6 is 39.9 Å². The van der Waals surface area contributed by atoms with E-state index in [0.29, 0.717) is 0 Å². The molecular weight excluding hydrogens is 347 g/mol. The Morgan fingerprint density at radius 1 is 1.47 bits per heavy atom. The van der Waals surface area contributed by atoms with E-state index in [0.717, 1.165) is 28.5 Å². The molecule has 0 radical (unpaired) electrons. The van der Waals surface area contributed by atoms with E-state index in [-0.39, 0.29) is 12.4 Å². The fourth-order valence-electron chi connectivity index (χ4n) is 2.65. The molecule has 0 spiro atoms. The van der Waals surface area contributed by atoms with Gasteiger partial charge >= 0.3 is 0 Å². The quantitative estimate of drug-likeness (QED) is 0.866. The topological polar surface area (TPSA) is 15.3 Å². The van der Waals surface area contributed by atoms with E-state index in [2.05, 4.69) is 38.3 Å². The summed E-state index contributed by atoms with van der Waals surface area (Å²) in [5.74, 6) is 0.791. The van der Waals surface area contributed by atoms with Crippen molar-refractivity contribution in [3.05, 3.63) is 33.3 Å². The Balaban J connectivity index is 0.00000180. The molecule has 1 N–H and O–H groups in total. The van der Waals surface area contributed by atoms with Gasteiger partial charge in [0.1, 0.15) is 0 Å². The lowest BCUT2D eigenvalue weighted by molar-refractivity contribution is 0.167. The van der Waals surface area contributed by atoms with Gasteiger partial charge in [-0.25, -0.2) is 0 Å². The predicted octanol–water partition coefficient (Wildman–Crippen LogP) is 3.96. The first-order valence-corrected chi connectivity index (χ1v) is 7.67. The smallest absolute Gasteiger partial charge is 0.0548 e. The molecule has 1 aromatic rings. The third-order valence-corrected chi connectivity index (χ3v) is 4.70. The van der Waals surface area contributed by atoms with Crippen LogP contribution in [0.25, 0.3) is 0 Å². The Kier molecular flexibility index (Phi) is 7.70. The highest BCUT2D eigenvalue weighted by Crippen LogP contribution is 2.25. The molecule has 1 unspecified atom stereocenters. The molecule has 1 aromatic carbocycles. The van der Waals surface area contributed by atoms with Gasteiger partial charge in [0.2, 0.25) is 0 Å². The van der Waals surface area contributed by atoms with Crippen LogP contribution in [0, 0.1) is 5.92 Å². The first kappa shape index (κ1) is 17.3. The zero-order chi connectivity index (χ0) is 13.0. The van der Waals surface area contributed by atoms with Gasteiger partial charge in [0.05, 0.1) is 5.02 Å². The molecule has 2 rings (SSSR count). The van der Waals surface area contributed by atoms with Crippen molar-refractivity contribution < 1.29 is 0 Å². The van der Waals surface area contributed by atoms with E-state index >= 15 is 0 Å². The molecule has 1 aliphatic heterocycles. The van der Waals surface area contributed by atoms with Crippen molar-refractivity contribution in [1.29, 1.82) is 0 Å². The van der Waals surface area contributed by atoms with Gasteiger partial charge in [0.25, 0.3) is 0 Å². The molecule has 1 aliphatic rings. The molecule has 5 heteroatoms. The summed E-state index contributed by atoms with van der Waals surface area (Å²) in [5.41, 5.74) is 1.33. The second-order valence-corrected chi connectivity index (χ2v) is 6.31. The molecule has 2 nitrogen and oxygen atoms in total. The summed E-state index contributed by atoms with van der Waals surface area (Å²) in [7, 11) is 2.04. The molecule has 0 saturated carbocycles. The van der Waals surface area contributed by atoms with E-state index in [4.69, 9.17) is 11.6 Å². The molecule has 1 fully saturated rings. The van der Waals surface area contributed by atoms with E-state index in [1.165, 1.54) is 31.5 Å². The summed E-state index contributed by atoms with van der Waals surface area (Å²) in [5, 5.41) is 4.07. The van der Waals surface area contributed by atoms with Gasteiger partial charge in [-0.2, -0.15) is 0 Å². The monoisotopic (exact) mass is 366 g/mol. The van der Waals surface area contributed by atoms with Crippen molar-refractivity contribution in [2.45, 2.75) is 19.4 Å². The third-order valence-electron chi connectivity index (χ3n) is 3.49. The van der Waals surface area contributed by atoms with Gasteiger partial charge < -0.3 is 5.32 Å². The second-order valence-electron chi connectivity index (χ2n) is 5.05. The lowest BCUT2D eigenvalue weighted by atomic mass is 9.97. The molecule has 108 valence electrons. The summed E-state index contributed by atoms with van der Waals surface area (Å²) < 4.78 is 0.991. The third kappa shape index (κ3) is 5.24. The van der Waals surface area contributed by atoms with Crippen LogP contribution in [0.4, 0.5) is 0 Å². The molecular formula is C14H21BrCl2N2. The lowest BCUT2D eigenvalue weighted by Gasteiger charge is -2.32. The minimum absolute atomic E-state index is 0. The van der Waals surface area contributed by atoms with Crippen molar-refractivity contribution in [2.24, 2.45) is 5.92 Å². The van der Waals surface area contributed by atoms with Gasteiger partial charge in [-0.1, -0.05) is 17.7 Å². The van der Waals surface area contributed by atoms with E-state index in [1.54, 1.807) is 0 Å². The van der Waals surface area contributed by atoms with Gasteiger partial charge in [-0.05, 0) is 72.5 Å². The standard InChI is InChI=1S/C14H20BrClN2.ClH/c1-17-8-12-3-2-6-18(10-12)9-11-4-5-14(16)13(15)7-11;/h4-5,7,12,17H,2-3,6,8-10H2,1H3;1H. The van der Waals surface area contributed by atoms with Crippen LogP contribution in [0.1, 0.15) is 18.4 Å². The van der Waals surface area contributed by atoms with Crippen LogP contribution in [0.2, 0.25) is 5.02 Å². The Morgan fingerprint density at radius 2 is 2.26 bits per heavy atom. The molecule has 0 bridgehead atoms. The van der Waals surface area contributed by atoms with Crippen LogP contribution in [0.3, 0.4) is 0 Å². The van der Waals surface area contributed by atoms with Crippen molar-refractivity contribution in [1.82, 2.24) is 10.2 Å². The Morgan fingerprint density at radius 3 is 2.95 bits per heavy atom. The zero-order valence-electron chi connectivity index (χ0n) is 11.2. The molecule has 0 aliphatic carbocycles. The molecule has 19 heavy (non-hydrogen) atoms. The van der Waals surface area contributed by atoms with Crippen molar-refractivity contribution >= 4 is 39.9 Å². The van der Waals surface area contributed by atoms with E-state index in [1.807, 2.05) is 13.1 Å². The maximum Gasteiger partial charge on any atom is 0.0548 e. The minimum Gasteiger partial charge on any atom is -0.319 e. The Bertz CT molecular complexity index is 399. The highest BCUT2D eigenvalue weighted by molar-refractivity contribution is 9.10. The number of benzene rings is 1. The fourth-order valence-corrected chi connectivity index (χ4v) is 3.19. The SMILES string of the molecule is CNCC1CCCN(Cc2ccc(Cl)c(Br)c2)C1.Cl. The van der Waals surface area contributed by atoms with Crippen LogP contribution in [-0.2, 0) is 6.54 Å². The van der Waals surface area contributed by atoms with Gasteiger partial charge in [0.15, 0.2) is 0 Å². The summed E-state index contributed by atoms with van der Waals surface area (Å²) in [6.45, 7) is 4.55. The van der Waals surface area contributed by atoms with Gasteiger partial charge in [-0.3, -0.25) is 4.90 Å². The normalized spacial score (nSPS) is 20.1. The minimum atomic E-state index is 0. The van der Waals surface area contributed by atoms with Crippen molar-refractivity contribution in [2.75, 3.05) is 26.7 Å². The maximum atomic E-state index is 6.02. The molecule has 0 aromatic heterocycles. The number of halogens is 3. The number of nitrogens with zero attached hydrogens (tertiary/aromatic N) is 1. The highest BCUT2D eigenvalue weighted by Gasteiger charge is 2.19. The highest BCUT2D eigenvalue weighted by atomic mass is 79.9. The summed E-state index contributed by atoms with van der Waals surface area (Å²) in [6.07, 6.45) is 2.66. The largest absolute Gasteiger partial charge is 0.319 e. The lowest BCUT2D eigenvalue weighted by Crippen LogP contribution is -2.38. The van der Waals surface area contributed by atoms with E-state index in [9.17, 15) is 0 Å². The summed E-state index contributed by atoms with van der Waals surface area (Å²) in [6, 6.07) is 6.22. The number of hydrogen-bond donors (Lipinski definition) is 1. The van der Waals surface area contributed by atoms with Gasteiger partial charge in [0, 0.05) is 17.6 Å². The first-order chi connectivity index (χ1) is 8.69. The molecule has 1 saturated heterocycles. The number of piperidine rings is 1. The Labute approximate surface area is 135 Å². The predicted molar refractivity (Wildman–Crippen MR) is 88.3 cm³/mol. The van der Waals surface area contributed by atoms with Gasteiger partial charge in [-0.15, -0.1) is 12.4 Å².